The molecule has 0 saturated carbocycles. The second kappa shape index (κ2) is 5.38. The summed E-state index contributed by atoms with van der Waals surface area (Å²) in [5.74, 6) is -1.44. The lowest BCUT2D eigenvalue weighted by atomic mass is 9.90. The fourth-order valence-corrected chi connectivity index (χ4v) is 2.52. The summed E-state index contributed by atoms with van der Waals surface area (Å²) in [5, 5.41) is 9.16. The number of carboxylic acid groups (broad SMARTS) is 1. The highest BCUT2D eigenvalue weighted by Crippen LogP contribution is 2.25. The first-order valence-electron chi connectivity index (χ1n) is 6.47. The molecule has 1 aliphatic rings. The van der Waals surface area contributed by atoms with Gasteiger partial charge in [0.15, 0.2) is 0 Å². The van der Waals surface area contributed by atoms with E-state index in [0.717, 1.165) is 12.1 Å². The number of amides is 1. The van der Waals surface area contributed by atoms with Crippen molar-refractivity contribution in [3.05, 3.63) is 29.6 Å². The van der Waals surface area contributed by atoms with Crippen molar-refractivity contribution in [2.45, 2.75) is 32.7 Å². The summed E-state index contributed by atoms with van der Waals surface area (Å²) < 4.78 is 0. The maximum atomic E-state index is 12.4. The number of rotatable bonds is 2. The summed E-state index contributed by atoms with van der Waals surface area (Å²) in [7, 11) is 0. The molecule has 19 heavy (non-hydrogen) atoms. The van der Waals surface area contributed by atoms with Crippen molar-refractivity contribution in [2.75, 3.05) is 6.54 Å². The van der Waals surface area contributed by atoms with Crippen molar-refractivity contribution in [3.8, 4) is 0 Å². The van der Waals surface area contributed by atoms with E-state index in [1.54, 1.807) is 30.2 Å². The van der Waals surface area contributed by atoms with Crippen molar-refractivity contribution in [1.82, 2.24) is 9.88 Å². The quantitative estimate of drug-likeness (QED) is 0.881. The van der Waals surface area contributed by atoms with Gasteiger partial charge in [0.05, 0.1) is 11.5 Å². The van der Waals surface area contributed by atoms with Gasteiger partial charge in [-0.25, -0.2) is 0 Å². The summed E-state index contributed by atoms with van der Waals surface area (Å²) in [6.07, 6.45) is 2.91. The number of aryl methyl sites for hydroxylation is 1. The Bertz CT molecular complexity index is 484. The molecule has 1 aromatic heterocycles. The highest BCUT2D eigenvalue weighted by molar-refractivity contribution is 5.94. The zero-order valence-corrected chi connectivity index (χ0v) is 11.2. The third kappa shape index (κ3) is 2.75. The van der Waals surface area contributed by atoms with Crippen LogP contribution in [-0.4, -0.2) is 39.5 Å². The number of hydrogen-bond donors (Lipinski definition) is 1. The molecule has 0 radical (unpaired) electrons. The minimum absolute atomic E-state index is 0.133. The van der Waals surface area contributed by atoms with Gasteiger partial charge in [0.25, 0.3) is 5.91 Å². The third-order valence-electron chi connectivity index (χ3n) is 3.72. The summed E-state index contributed by atoms with van der Waals surface area (Å²) in [5.41, 5.74) is 1.37. The van der Waals surface area contributed by atoms with E-state index in [0.29, 0.717) is 18.5 Å². The van der Waals surface area contributed by atoms with Gasteiger partial charge in [-0.05, 0) is 38.8 Å². The molecule has 2 atom stereocenters. The highest BCUT2D eigenvalue weighted by Gasteiger charge is 2.35. The number of aliphatic carboxylic acids is 1. The Morgan fingerprint density at radius 1 is 1.42 bits per heavy atom. The van der Waals surface area contributed by atoms with Gasteiger partial charge in [-0.1, -0.05) is 0 Å². The number of hydrogen-bond acceptors (Lipinski definition) is 3. The van der Waals surface area contributed by atoms with E-state index in [9.17, 15) is 9.59 Å². The second-order valence-corrected chi connectivity index (χ2v) is 5.01. The van der Waals surface area contributed by atoms with Gasteiger partial charge in [0.1, 0.15) is 0 Å². The molecule has 102 valence electrons. The fraction of sp³-hybridized carbons (Fsp3) is 0.500. The number of pyridine rings is 1. The average molecular weight is 262 g/mol. The molecule has 0 aliphatic carbocycles. The van der Waals surface area contributed by atoms with Gasteiger partial charge in [-0.15, -0.1) is 0 Å². The Kier molecular flexibility index (Phi) is 3.83. The third-order valence-corrected chi connectivity index (χ3v) is 3.72. The van der Waals surface area contributed by atoms with E-state index in [1.807, 2.05) is 6.92 Å². The van der Waals surface area contributed by atoms with Crippen LogP contribution in [0.5, 0.6) is 0 Å². The number of piperidine rings is 1. The first kappa shape index (κ1) is 13.5. The molecule has 0 aromatic carbocycles. The molecule has 1 aliphatic heterocycles. The first-order valence-corrected chi connectivity index (χ1v) is 6.47. The smallest absolute Gasteiger partial charge is 0.308 e. The van der Waals surface area contributed by atoms with E-state index in [1.165, 1.54) is 0 Å². The van der Waals surface area contributed by atoms with E-state index >= 15 is 0 Å². The summed E-state index contributed by atoms with van der Waals surface area (Å²) >= 11 is 0. The van der Waals surface area contributed by atoms with Gasteiger partial charge in [0.2, 0.25) is 0 Å². The highest BCUT2D eigenvalue weighted by atomic mass is 16.4. The molecule has 2 rings (SSSR count). The summed E-state index contributed by atoms with van der Waals surface area (Å²) in [4.78, 5) is 29.3. The summed E-state index contributed by atoms with van der Waals surface area (Å²) in [6.45, 7) is 4.27. The Morgan fingerprint density at radius 2 is 2.16 bits per heavy atom. The predicted octanol–water partition coefficient (Wildman–Crippen LogP) is 1.72. The summed E-state index contributed by atoms with van der Waals surface area (Å²) in [6, 6.07) is 3.25. The van der Waals surface area contributed by atoms with Crippen LogP contribution < -0.4 is 0 Å². The van der Waals surface area contributed by atoms with Gasteiger partial charge >= 0.3 is 5.97 Å². The molecule has 1 N–H and O–H groups in total. The molecule has 2 heterocycles. The zero-order valence-electron chi connectivity index (χ0n) is 11.2. The van der Waals surface area contributed by atoms with E-state index in [-0.39, 0.29) is 11.9 Å². The number of nitrogens with zero attached hydrogens (tertiary/aromatic N) is 2. The van der Waals surface area contributed by atoms with Crippen molar-refractivity contribution < 1.29 is 14.7 Å². The van der Waals surface area contributed by atoms with Crippen molar-refractivity contribution in [1.29, 1.82) is 0 Å². The van der Waals surface area contributed by atoms with Gasteiger partial charge in [-0.3, -0.25) is 14.6 Å². The van der Waals surface area contributed by atoms with Crippen molar-refractivity contribution >= 4 is 11.9 Å². The minimum atomic E-state index is -0.827. The predicted molar refractivity (Wildman–Crippen MR) is 69.8 cm³/mol. The lowest BCUT2D eigenvalue weighted by Gasteiger charge is -2.37. The zero-order chi connectivity index (χ0) is 14.0. The van der Waals surface area contributed by atoms with Crippen LogP contribution in [0.3, 0.4) is 0 Å². The van der Waals surface area contributed by atoms with Crippen LogP contribution in [-0.2, 0) is 4.79 Å². The van der Waals surface area contributed by atoms with Crippen molar-refractivity contribution in [2.24, 2.45) is 5.92 Å². The van der Waals surface area contributed by atoms with Crippen LogP contribution in [0.4, 0.5) is 0 Å². The van der Waals surface area contributed by atoms with Crippen LogP contribution in [0, 0.1) is 12.8 Å². The fourth-order valence-electron chi connectivity index (χ4n) is 2.52. The Morgan fingerprint density at radius 3 is 2.74 bits per heavy atom. The molecular formula is C14H18N2O3. The Balaban J connectivity index is 2.18. The largest absolute Gasteiger partial charge is 0.481 e. The minimum Gasteiger partial charge on any atom is -0.481 e. The van der Waals surface area contributed by atoms with Gasteiger partial charge in [0, 0.05) is 24.5 Å². The molecule has 1 aromatic rings. The second-order valence-electron chi connectivity index (χ2n) is 5.01. The molecule has 5 nitrogen and oxygen atoms in total. The van der Waals surface area contributed by atoms with Crippen LogP contribution in [0.2, 0.25) is 0 Å². The van der Waals surface area contributed by atoms with Crippen LogP contribution in [0.15, 0.2) is 18.3 Å². The lowest BCUT2D eigenvalue weighted by molar-refractivity contribution is -0.144. The molecule has 1 amide bonds. The van der Waals surface area contributed by atoms with Crippen LogP contribution in [0.25, 0.3) is 0 Å². The molecule has 0 unspecified atom stereocenters. The SMILES string of the molecule is Cc1ccc(C(=O)N2CCC[C@@H](C(=O)O)[C@H]2C)cn1. The molecule has 0 bridgehead atoms. The molecule has 5 heteroatoms. The van der Waals surface area contributed by atoms with Crippen molar-refractivity contribution in [3.63, 3.8) is 0 Å². The van der Waals surface area contributed by atoms with E-state index in [4.69, 9.17) is 5.11 Å². The molecular weight excluding hydrogens is 244 g/mol. The number of carbonyl (C=O) groups is 2. The monoisotopic (exact) mass is 262 g/mol. The first-order chi connectivity index (χ1) is 9.00. The van der Waals surface area contributed by atoms with Gasteiger partial charge in [-0.2, -0.15) is 0 Å². The molecule has 1 saturated heterocycles. The lowest BCUT2D eigenvalue weighted by Crippen LogP contribution is -2.49. The maximum absolute atomic E-state index is 12.4. The number of likely N-dealkylation sites (tertiary alicyclic amines) is 1. The normalized spacial score (nSPS) is 23.2. The number of carboxylic acids is 1. The van der Waals surface area contributed by atoms with Crippen LogP contribution in [0.1, 0.15) is 35.8 Å². The Hall–Kier alpha value is -1.91. The Labute approximate surface area is 112 Å². The van der Waals surface area contributed by atoms with Gasteiger partial charge < -0.3 is 10.0 Å². The van der Waals surface area contributed by atoms with E-state index < -0.39 is 11.9 Å². The molecule has 0 spiro atoms. The average Bonchev–Trinajstić information content (AvgIpc) is 2.38. The van der Waals surface area contributed by atoms with Crippen LogP contribution >= 0.6 is 0 Å². The maximum Gasteiger partial charge on any atom is 0.308 e. The number of carbonyl (C=O) groups excluding carboxylic acids is 1. The van der Waals surface area contributed by atoms with E-state index in [2.05, 4.69) is 4.98 Å². The number of aromatic nitrogens is 1. The standard InChI is InChI=1S/C14H18N2O3/c1-9-5-6-11(8-15-9)13(17)16-7-3-4-12(10(16)2)14(18)19/h5-6,8,10,12H,3-4,7H2,1-2H3,(H,18,19)/t10-,12-/m1/s1. The molecule has 1 fully saturated rings. The topological polar surface area (TPSA) is 70.5 Å².